The molecule has 0 spiro atoms. The molecule has 0 aliphatic heterocycles. The molecule has 1 heteroatoms. The molecule has 0 unspecified atom stereocenters. The van der Waals surface area contributed by atoms with Crippen LogP contribution in [0.4, 0.5) is 0 Å². The van der Waals surface area contributed by atoms with Crippen molar-refractivity contribution in [3.63, 3.8) is 0 Å². The molecule has 11 heavy (non-hydrogen) atoms. The number of aliphatic hydroxyl groups excluding tert-OH is 1. The Labute approximate surface area is 67.7 Å². The van der Waals surface area contributed by atoms with Crippen molar-refractivity contribution in [1.29, 1.82) is 0 Å². The van der Waals surface area contributed by atoms with Crippen molar-refractivity contribution in [2.45, 2.75) is 12.8 Å². The van der Waals surface area contributed by atoms with Crippen LogP contribution in [0.5, 0.6) is 0 Å². The summed E-state index contributed by atoms with van der Waals surface area (Å²) >= 11 is 0. The van der Waals surface area contributed by atoms with E-state index in [9.17, 15) is 0 Å². The third kappa shape index (κ3) is 3.19. The Morgan fingerprint density at radius 1 is 1.18 bits per heavy atom. The maximum atomic E-state index is 8.52. The first-order valence-electron chi connectivity index (χ1n) is 3.92. The summed E-state index contributed by atoms with van der Waals surface area (Å²) in [6.07, 6.45) is 3.95. The minimum absolute atomic E-state index is 0.281. The van der Waals surface area contributed by atoms with E-state index >= 15 is 0 Å². The second kappa shape index (κ2) is 4.91. The maximum absolute atomic E-state index is 8.52. The van der Waals surface area contributed by atoms with Crippen molar-refractivity contribution in [2.75, 3.05) is 6.61 Å². The lowest BCUT2D eigenvalue weighted by Gasteiger charge is -1.97. The van der Waals surface area contributed by atoms with Crippen LogP contribution in [0.15, 0.2) is 30.3 Å². The van der Waals surface area contributed by atoms with Gasteiger partial charge in [-0.1, -0.05) is 30.3 Å². The minimum atomic E-state index is 0.281. The molecule has 0 aromatic heterocycles. The normalized spacial score (nSPS) is 9.91. The van der Waals surface area contributed by atoms with Gasteiger partial charge < -0.3 is 5.11 Å². The Kier molecular flexibility index (Phi) is 3.70. The fourth-order valence-electron chi connectivity index (χ4n) is 0.949. The molecule has 1 N–H and O–H groups in total. The summed E-state index contributed by atoms with van der Waals surface area (Å²) in [5.74, 6) is 0. The zero-order chi connectivity index (χ0) is 7.94. The summed E-state index contributed by atoms with van der Waals surface area (Å²) in [4.78, 5) is 0. The van der Waals surface area contributed by atoms with E-state index in [0.717, 1.165) is 12.8 Å². The zero-order valence-electron chi connectivity index (χ0n) is 6.53. The SMILES string of the molecule is OCCC[CH]c1ccccc1. The van der Waals surface area contributed by atoms with Crippen LogP contribution < -0.4 is 0 Å². The first-order chi connectivity index (χ1) is 5.43. The fourth-order valence-corrected chi connectivity index (χ4v) is 0.949. The number of benzene rings is 1. The van der Waals surface area contributed by atoms with E-state index in [1.54, 1.807) is 0 Å². The Morgan fingerprint density at radius 3 is 2.55 bits per heavy atom. The number of hydrogen-bond donors (Lipinski definition) is 1. The lowest BCUT2D eigenvalue weighted by atomic mass is 10.1. The predicted octanol–water partition coefficient (Wildman–Crippen LogP) is 2.01. The first kappa shape index (κ1) is 8.28. The highest BCUT2D eigenvalue weighted by atomic mass is 16.2. The van der Waals surface area contributed by atoms with Gasteiger partial charge >= 0.3 is 0 Å². The summed E-state index contributed by atoms with van der Waals surface area (Å²) in [7, 11) is 0. The van der Waals surface area contributed by atoms with E-state index in [1.165, 1.54) is 5.56 Å². The highest BCUT2D eigenvalue weighted by molar-refractivity contribution is 5.21. The van der Waals surface area contributed by atoms with Gasteiger partial charge in [-0.3, -0.25) is 0 Å². The molecule has 0 atom stereocenters. The van der Waals surface area contributed by atoms with E-state index in [0.29, 0.717) is 0 Å². The maximum Gasteiger partial charge on any atom is 0.0431 e. The van der Waals surface area contributed by atoms with Gasteiger partial charge in [0.25, 0.3) is 0 Å². The van der Waals surface area contributed by atoms with Crippen LogP contribution in [-0.2, 0) is 0 Å². The second-order valence-corrected chi connectivity index (χ2v) is 2.48. The van der Waals surface area contributed by atoms with Crippen molar-refractivity contribution in [1.82, 2.24) is 0 Å². The van der Waals surface area contributed by atoms with Gasteiger partial charge in [-0.05, 0) is 24.8 Å². The van der Waals surface area contributed by atoms with Crippen molar-refractivity contribution < 1.29 is 5.11 Å². The highest BCUT2D eigenvalue weighted by Crippen LogP contribution is 2.05. The molecular formula is C10H13O. The second-order valence-electron chi connectivity index (χ2n) is 2.48. The molecule has 0 saturated carbocycles. The van der Waals surface area contributed by atoms with Gasteiger partial charge in [0.05, 0.1) is 0 Å². The van der Waals surface area contributed by atoms with Crippen molar-refractivity contribution in [2.24, 2.45) is 0 Å². The summed E-state index contributed by atoms with van der Waals surface area (Å²) in [5.41, 5.74) is 1.24. The van der Waals surface area contributed by atoms with E-state index in [2.05, 4.69) is 18.6 Å². The predicted molar refractivity (Wildman–Crippen MR) is 46.2 cm³/mol. The van der Waals surface area contributed by atoms with Gasteiger partial charge in [-0.25, -0.2) is 0 Å². The molecule has 1 nitrogen and oxygen atoms in total. The topological polar surface area (TPSA) is 20.2 Å². The molecule has 0 aliphatic rings. The van der Waals surface area contributed by atoms with Crippen LogP contribution in [-0.4, -0.2) is 11.7 Å². The van der Waals surface area contributed by atoms with Crippen LogP contribution in [0, 0.1) is 6.42 Å². The Morgan fingerprint density at radius 2 is 1.91 bits per heavy atom. The molecule has 59 valence electrons. The van der Waals surface area contributed by atoms with Crippen molar-refractivity contribution in [3.8, 4) is 0 Å². The van der Waals surface area contributed by atoms with E-state index in [-0.39, 0.29) is 6.61 Å². The highest BCUT2D eigenvalue weighted by Gasteiger charge is 1.90. The van der Waals surface area contributed by atoms with Crippen LogP contribution in [0.3, 0.4) is 0 Å². The summed E-state index contributed by atoms with van der Waals surface area (Å²) in [6.45, 7) is 0.281. The third-order valence-corrected chi connectivity index (χ3v) is 1.54. The molecule has 0 bridgehead atoms. The number of rotatable bonds is 4. The Balaban J connectivity index is 2.28. The molecule has 0 fully saturated rings. The smallest absolute Gasteiger partial charge is 0.0431 e. The van der Waals surface area contributed by atoms with Crippen LogP contribution in [0.2, 0.25) is 0 Å². The third-order valence-electron chi connectivity index (χ3n) is 1.54. The van der Waals surface area contributed by atoms with Crippen LogP contribution in [0.1, 0.15) is 18.4 Å². The largest absolute Gasteiger partial charge is 0.396 e. The molecule has 0 saturated heterocycles. The molecule has 0 amide bonds. The Hall–Kier alpha value is -0.820. The standard InChI is InChI=1S/C10H13O/c11-9-5-4-8-10-6-2-1-3-7-10/h1-3,6-8,11H,4-5,9H2. The molecule has 0 aliphatic carbocycles. The van der Waals surface area contributed by atoms with Crippen LogP contribution in [0.25, 0.3) is 0 Å². The Bertz CT molecular complexity index is 181. The van der Waals surface area contributed by atoms with Gasteiger partial charge in [0.2, 0.25) is 0 Å². The van der Waals surface area contributed by atoms with Gasteiger partial charge in [0.1, 0.15) is 0 Å². The number of hydrogen-bond acceptors (Lipinski definition) is 1. The fraction of sp³-hybridized carbons (Fsp3) is 0.300. The molecule has 1 radical (unpaired) electrons. The van der Waals surface area contributed by atoms with Gasteiger partial charge in [0, 0.05) is 6.61 Å². The van der Waals surface area contributed by atoms with Crippen LogP contribution >= 0.6 is 0 Å². The molecular weight excluding hydrogens is 136 g/mol. The van der Waals surface area contributed by atoms with E-state index in [1.807, 2.05) is 18.2 Å². The quantitative estimate of drug-likeness (QED) is 0.649. The molecule has 1 aromatic carbocycles. The average Bonchev–Trinajstić information content (AvgIpc) is 2.07. The van der Waals surface area contributed by atoms with E-state index < -0.39 is 0 Å². The average molecular weight is 149 g/mol. The number of unbranched alkanes of at least 4 members (excludes halogenated alkanes) is 1. The number of aliphatic hydroxyl groups is 1. The zero-order valence-corrected chi connectivity index (χ0v) is 6.53. The summed E-state index contributed by atoms with van der Waals surface area (Å²) in [5, 5.41) is 8.52. The molecule has 0 heterocycles. The molecule has 1 rings (SSSR count). The van der Waals surface area contributed by atoms with Gasteiger partial charge in [-0.2, -0.15) is 0 Å². The van der Waals surface area contributed by atoms with E-state index in [4.69, 9.17) is 5.11 Å². The van der Waals surface area contributed by atoms with Gasteiger partial charge in [0.15, 0.2) is 0 Å². The summed E-state index contributed by atoms with van der Waals surface area (Å²) in [6, 6.07) is 10.2. The van der Waals surface area contributed by atoms with Crippen molar-refractivity contribution in [3.05, 3.63) is 42.3 Å². The van der Waals surface area contributed by atoms with Crippen molar-refractivity contribution >= 4 is 0 Å². The van der Waals surface area contributed by atoms with Gasteiger partial charge in [-0.15, -0.1) is 0 Å². The lowest BCUT2D eigenvalue weighted by molar-refractivity contribution is 0.288. The molecule has 1 aromatic rings. The summed E-state index contributed by atoms with van der Waals surface area (Å²) < 4.78 is 0. The monoisotopic (exact) mass is 149 g/mol. The lowest BCUT2D eigenvalue weighted by Crippen LogP contribution is -1.85. The minimum Gasteiger partial charge on any atom is -0.396 e. The first-order valence-corrected chi connectivity index (χ1v) is 3.92.